The van der Waals surface area contributed by atoms with Crippen molar-refractivity contribution in [3.8, 4) is 11.3 Å². The van der Waals surface area contributed by atoms with Gasteiger partial charge in [0, 0.05) is 25.5 Å². The summed E-state index contributed by atoms with van der Waals surface area (Å²) < 4.78 is 2.21. The van der Waals surface area contributed by atoms with Gasteiger partial charge < -0.3 is 0 Å². The molecule has 0 aliphatic heterocycles. The molecule has 0 atom stereocenters. The smallest absolute Gasteiger partial charge is 0.178 e. The van der Waals surface area contributed by atoms with Crippen LogP contribution in [-0.4, -0.2) is 0 Å². The molecule has 0 spiro atoms. The van der Waals surface area contributed by atoms with E-state index in [0.717, 1.165) is 5.92 Å². The van der Waals surface area contributed by atoms with Crippen LogP contribution in [0.15, 0.2) is 48.7 Å². The minimum atomic E-state index is -0.495. The molecule has 2 aromatic carbocycles. The third-order valence-electron chi connectivity index (χ3n) is 5.87. The van der Waals surface area contributed by atoms with Gasteiger partial charge in [-0.15, -0.1) is 0 Å². The molecule has 0 amide bonds. The monoisotopic (exact) mass is 378 g/mol. The number of rotatable bonds is 3. The third kappa shape index (κ3) is 3.62. The fraction of sp³-hybridized carbons (Fsp3) is 0.400. The van der Waals surface area contributed by atoms with Gasteiger partial charge >= 0.3 is 0 Å². The van der Waals surface area contributed by atoms with Gasteiger partial charge in [0.25, 0.3) is 0 Å². The predicted octanol–water partition coefficient (Wildman–Crippen LogP) is 7.00. The number of fused-ring (bicyclic) bond motifs is 1. The Hall–Kier alpha value is -1.86. The molecule has 0 radical (unpaired) electrons. The summed E-state index contributed by atoms with van der Waals surface area (Å²) in [7, 11) is 0. The summed E-state index contributed by atoms with van der Waals surface area (Å²) >= 11 is 6.79. The highest BCUT2D eigenvalue weighted by Crippen LogP contribution is 2.37. The molecule has 1 heterocycles. The Morgan fingerprint density at radius 3 is 2.22 bits per heavy atom. The maximum atomic E-state index is 6.79. The van der Waals surface area contributed by atoms with Crippen molar-refractivity contribution in [3.05, 3.63) is 65.4 Å². The van der Waals surface area contributed by atoms with Crippen molar-refractivity contribution in [1.29, 1.82) is 0 Å². The first kappa shape index (κ1) is 18.5. The lowest BCUT2D eigenvalue weighted by molar-refractivity contribution is -0.723. The number of benzene rings is 2. The molecule has 1 aromatic heterocycles. The highest BCUT2D eigenvalue weighted by atomic mass is 35.5. The zero-order valence-electron chi connectivity index (χ0n) is 16.8. The molecule has 1 fully saturated rings. The Morgan fingerprint density at radius 2 is 1.59 bits per heavy atom. The highest BCUT2D eigenvalue weighted by Gasteiger charge is 2.31. The van der Waals surface area contributed by atoms with Crippen molar-refractivity contribution in [1.82, 2.24) is 0 Å². The van der Waals surface area contributed by atoms with Crippen LogP contribution in [0.2, 0.25) is 0 Å². The Labute approximate surface area is 168 Å². The van der Waals surface area contributed by atoms with Crippen molar-refractivity contribution in [2.75, 3.05) is 0 Å². The first-order valence-electron chi connectivity index (χ1n) is 10.1. The second-order valence-corrected chi connectivity index (χ2v) is 9.57. The van der Waals surface area contributed by atoms with Crippen LogP contribution < -0.4 is 4.57 Å². The Balaban J connectivity index is 1.97. The molecule has 4 rings (SSSR count). The van der Waals surface area contributed by atoms with Gasteiger partial charge in [-0.3, -0.25) is 0 Å². The van der Waals surface area contributed by atoms with Gasteiger partial charge in [0.1, 0.15) is 0 Å². The van der Waals surface area contributed by atoms with Gasteiger partial charge in [-0.1, -0.05) is 42.2 Å². The number of alkyl halides is 1. The number of pyridine rings is 1. The standard InChI is InChI=1S/C25H29ClN/c1-17-13-18(2)15-22(14-17)24-23-10-9-20(19-7-5-6-8-19)16-21(23)11-12-27(24)25(3,4)26/h9-16,19H,5-8H2,1-4H3/q+1. The van der Waals surface area contributed by atoms with Gasteiger partial charge in [-0.05, 0) is 73.4 Å². The van der Waals surface area contributed by atoms with Crippen molar-refractivity contribution in [3.63, 3.8) is 0 Å². The molecular formula is C25H29ClN+. The van der Waals surface area contributed by atoms with Crippen molar-refractivity contribution in [2.24, 2.45) is 0 Å². The first-order valence-corrected chi connectivity index (χ1v) is 10.5. The van der Waals surface area contributed by atoms with Crippen LogP contribution in [0.1, 0.15) is 62.1 Å². The van der Waals surface area contributed by atoms with E-state index in [4.69, 9.17) is 11.6 Å². The van der Waals surface area contributed by atoms with Crippen molar-refractivity contribution >= 4 is 22.4 Å². The minimum absolute atomic E-state index is 0.495. The SMILES string of the molecule is Cc1cc(C)cc(-c2c3ccc(C4CCCC4)cc3cc[n+]2C(C)(C)Cl)c1. The predicted molar refractivity (Wildman–Crippen MR) is 115 cm³/mol. The summed E-state index contributed by atoms with van der Waals surface area (Å²) in [5, 5.41) is 2.59. The van der Waals surface area contributed by atoms with E-state index in [1.54, 1.807) is 0 Å². The fourth-order valence-corrected chi connectivity index (χ4v) is 4.80. The topological polar surface area (TPSA) is 3.88 Å². The lowest BCUT2D eigenvalue weighted by atomic mass is 9.93. The van der Waals surface area contributed by atoms with E-state index in [-0.39, 0.29) is 0 Å². The summed E-state index contributed by atoms with van der Waals surface area (Å²) in [6.07, 6.45) is 7.55. The minimum Gasteiger partial charge on any atom is -0.178 e. The lowest BCUT2D eigenvalue weighted by Crippen LogP contribution is -2.49. The molecule has 140 valence electrons. The number of aryl methyl sites for hydroxylation is 2. The van der Waals surface area contributed by atoms with Crippen molar-refractivity contribution in [2.45, 2.75) is 64.3 Å². The van der Waals surface area contributed by atoms with Gasteiger partial charge in [0.05, 0.1) is 5.39 Å². The van der Waals surface area contributed by atoms with Crippen LogP contribution in [0.5, 0.6) is 0 Å². The van der Waals surface area contributed by atoms with E-state index in [9.17, 15) is 0 Å². The quantitative estimate of drug-likeness (QED) is 0.341. The number of hydrogen-bond donors (Lipinski definition) is 0. The van der Waals surface area contributed by atoms with Crippen LogP contribution in [0.3, 0.4) is 0 Å². The summed E-state index contributed by atoms with van der Waals surface area (Å²) in [6, 6.07) is 16.1. The average molecular weight is 379 g/mol. The zero-order chi connectivity index (χ0) is 19.2. The summed E-state index contributed by atoms with van der Waals surface area (Å²) in [4.78, 5) is -0.495. The second-order valence-electron chi connectivity index (χ2n) is 8.65. The Morgan fingerprint density at radius 1 is 0.926 bits per heavy atom. The lowest BCUT2D eigenvalue weighted by Gasteiger charge is -2.18. The Bertz CT molecular complexity index is 971. The van der Waals surface area contributed by atoms with E-state index in [1.807, 2.05) is 0 Å². The summed E-state index contributed by atoms with van der Waals surface area (Å²) in [5.74, 6) is 0.732. The summed E-state index contributed by atoms with van der Waals surface area (Å²) in [5.41, 5.74) is 6.50. The van der Waals surface area contributed by atoms with E-state index >= 15 is 0 Å². The molecule has 0 bridgehead atoms. The van der Waals surface area contributed by atoms with E-state index in [2.05, 4.69) is 80.9 Å². The van der Waals surface area contributed by atoms with Gasteiger partial charge in [0.2, 0.25) is 10.7 Å². The first-order chi connectivity index (χ1) is 12.8. The van der Waals surface area contributed by atoms with Crippen LogP contribution >= 0.6 is 11.6 Å². The molecule has 1 nitrogen and oxygen atoms in total. The highest BCUT2D eigenvalue weighted by molar-refractivity contribution is 6.20. The maximum Gasteiger partial charge on any atom is 0.236 e. The number of hydrogen-bond acceptors (Lipinski definition) is 0. The van der Waals surface area contributed by atoms with Crippen LogP contribution in [0.25, 0.3) is 22.0 Å². The average Bonchev–Trinajstić information content (AvgIpc) is 3.13. The molecule has 1 aliphatic rings. The summed E-state index contributed by atoms with van der Waals surface area (Å²) in [6.45, 7) is 8.44. The molecule has 0 unspecified atom stereocenters. The van der Waals surface area contributed by atoms with Gasteiger partial charge in [-0.25, -0.2) is 0 Å². The molecule has 0 N–H and O–H groups in total. The fourth-order valence-electron chi connectivity index (χ4n) is 4.66. The Kier molecular flexibility index (Phi) is 4.76. The molecule has 1 saturated carbocycles. The number of aromatic nitrogens is 1. The molecule has 1 aliphatic carbocycles. The molecular weight excluding hydrogens is 350 g/mol. The van der Waals surface area contributed by atoms with E-state index in [1.165, 1.54) is 64.4 Å². The number of halogens is 1. The van der Waals surface area contributed by atoms with Gasteiger partial charge in [-0.2, -0.15) is 4.57 Å². The van der Waals surface area contributed by atoms with Crippen LogP contribution in [0, 0.1) is 13.8 Å². The third-order valence-corrected chi connectivity index (χ3v) is 6.05. The van der Waals surface area contributed by atoms with Crippen LogP contribution in [-0.2, 0) is 5.00 Å². The largest absolute Gasteiger partial charge is 0.236 e. The van der Waals surface area contributed by atoms with E-state index in [0.29, 0.717) is 0 Å². The molecule has 2 heteroatoms. The van der Waals surface area contributed by atoms with Crippen molar-refractivity contribution < 1.29 is 4.57 Å². The normalized spacial score (nSPS) is 15.6. The zero-order valence-corrected chi connectivity index (χ0v) is 17.6. The number of nitrogens with zero attached hydrogens (tertiary/aromatic N) is 1. The molecule has 27 heavy (non-hydrogen) atoms. The second kappa shape index (κ2) is 6.95. The maximum absolute atomic E-state index is 6.79. The molecule has 0 saturated heterocycles. The van der Waals surface area contributed by atoms with Gasteiger partial charge in [0.15, 0.2) is 6.20 Å². The van der Waals surface area contributed by atoms with Crippen LogP contribution in [0.4, 0.5) is 0 Å². The van der Waals surface area contributed by atoms with E-state index < -0.39 is 5.00 Å². The molecule has 3 aromatic rings.